The molecule has 2 aliphatic heterocycles. The molecule has 8 heteroatoms. The number of anilines is 2. The van der Waals surface area contributed by atoms with Gasteiger partial charge in [-0.3, -0.25) is 9.59 Å². The summed E-state index contributed by atoms with van der Waals surface area (Å²) < 4.78 is 23.3. The fraction of sp³-hybridized carbons (Fsp3) is 0.440. The first-order valence-corrected chi connectivity index (χ1v) is 13.2. The van der Waals surface area contributed by atoms with Gasteiger partial charge in [-0.25, -0.2) is 8.42 Å². The summed E-state index contributed by atoms with van der Waals surface area (Å²) in [6.07, 6.45) is 5.54. The molecular formula is C25H31N3O4S. The van der Waals surface area contributed by atoms with Crippen molar-refractivity contribution in [2.24, 2.45) is 5.92 Å². The summed E-state index contributed by atoms with van der Waals surface area (Å²) >= 11 is 0. The molecule has 1 unspecified atom stereocenters. The van der Waals surface area contributed by atoms with Crippen LogP contribution in [0.1, 0.15) is 32.3 Å². The van der Waals surface area contributed by atoms with Gasteiger partial charge in [-0.15, -0.1) is 0 Å². The Morgan fingerprint density at radius 1 is 1.06 bits per heavy atom. The van der Waals surface area contributed by atoms with Crippen molar-refractivity contribution in [3.05, 3.63) is 54.8 Å². The molecule has 2 heterocycles. The number of amides is 2. The summed E-state index contributed by atoms with van der Waals surface area (Å²) in [5, 5.41) is 0. The topological polar surface area (TPSA) is 78.0 Å². The lowest BCUT2D eigenvalue weighted by Gasteiger charge is -2.41. The first kappa shape index (κ1) is 23.3. The Morgan fingerprint density at radius 2 is 1.73 bits per heavy atom. The van der Waals surface area contributed by atoms with Gasteiger partial charge in [0.15, 0.2) is 9.84 Å². The number of sulfone groups is 1. The zero-order chi connectivity index (χ0) is 23.9. The Morgan fingerprint density at radius 3 is 2.33 bits per heavy atom. The number of fused-ring (bicyclic) bond motifs is 1. The van der Waals surface area contributed by atoms with E-state index >= 15 is 0 Å². The normalized spacial score (nSPS) is 22.2. The van der Waals surface area contributed by atoms with Crippen LogP contribution in [-0.2, 0) is 19.4 Å². The number of carbonyl (C=O) groups is 2. The molecule has 3 aliphatic rings. The Hall–Kier alpha value is -2.87. The van der Waals surface area contributed by atoms with Crippen LogP contribution in [0.25, 0.3) is 5.57 Å². The molecule has 2 fully saturated rings. The smallest absolute Gasteiger partial charge is 0.230 e. The van der Waals surface area contributed by atoms with Crippen LogP contribution in [0.15, 0.2) is 49.2 Å². The van der Waals surface area contributed by atoms with Crippen LogP contribution >= 0.6 is 0 Å². The summed E-state index contributed by atoms with van der Waals surface area (Å²) in [7, 11) is -2.95. The molecule has 1 aliphatic carbocycles. The number of carbonyl (C=O) groups excluding carboxylic acids is 2. The van der Waals surface area contributed by atoms with Gasteiger partial charge < -0.3 is 14.7 Å². The number of allylic oxidation sites excluding steroid dienone is 3. The third-order valence-corrected chi connectivity index (χ3v) is 8.15. The van der Waals surface area contributed by atoms with E-state index in [1.807, 2.05) is 47.1 Å². The van der Waals surface area contributed by atoms with Gasteiger partial charge in [0.25, 0.3) is 0 Å². The summed E-state index contributed by atoms with van der Waals surface area (Å²) in [5.74, 6) is 0.437. The first-order chi connectivity index (χ1) is 15.6. The number of nitrogens with zero attached hydrogens (tertiary/aromatic N) is 3. The maximum absolute atomic E-state index is 13.0. The quantitative estimate of drug-likeness (QED) is 0.620. The van der Waals surface area contributed by atoms with Gasteiger partial charge in [0, 0.05) is 38.2 Å². The lowest BCUT2D eigenvalue weighted by Crippen LogP contribution is -2.51. The molecule has 1 aromatic carbocycles. The van der Waals surface area contributed by atoms with Gasteiger partial charge in [-0.05, 0) is 49.1 Å². The Balaban J connectivity index is 1.56. The van der Waals surface area contributed by atoms with Crippen molar-refractivity contribution in [1.29, 1.82) is 0 Å². The summed E-state index contributed by atoms with van der Waals surface area (Å²) in [5.41, 5.74) is 3.83. The molecule has 1 saturated carbocycles. The van der Waals surface area contributed by atoms with Crippen LogP contribution in [-0.4, -0.2) is 62.3 Å². The minimum absolute atomic E-state index is 0.0476. The highest BCUT2D eigenvalue weighted by Crippen LogP contribution is 2.41. The van der Waals surface area contributed by atoms with Gasteiger partial charge in [0.05, 0.1) is 28.9 Å². The molecule has 1 aromatic rings. The average Bonchev–Trinajstić information content (AvgIpc) is 3.61. The van der Waals surface area contributed by atoms with Crippen LogP contribution in [0.2, 0.25) is 0 Å². The SMILES string of the molecule is C=C(/C=C\C(=C)N1CCS(=O)(=O)CC1)c1ccc2c(c1)N(C(=O)C1CC1)CC(C)N2C(C)=O. The van der Waals surface area contributed by atoms with E-state index in [0.29, 0.717) is 19.6 Å². The molecule has 1 atom stereocenters. The van der Waals surface area contributed by atoms with Crippen molar-refractivity contribution in [2.45, 2.75) is 32.7 Å². The third-order valence-electron chi connectivity index (χ3n) is 6.54. The molecule has 0 radical (unpaired) electrons. The maximum Gasteiger partial charge on any atom is 0.230 e. The van der Waals surface area contributed by atoms with E-state index in [-0.39, 0.29) is 35.3 Å². The number of benzene rings is 1. The monoisotopic (exact) mass is 469 g/mol. The van der Waals surface area contributed by atoms with Gasteiger partial charge >= 0.3 is 0 Å². The van der Waals surface area contributed by atoms with E-state index in [4.69, 9.17) is 0 Å². The van der Waals surface area contributed by atoms with Crippen LogP contribution in [0, 0.1) is 5.92 Å². The van der Waals surface area contributed by atoms with Crippen LogP contribution < -0.4 is 9.80 Å². The lowest BCUT2D eigenvalue weighted by atomic mass is 10.0. The molecule has 2 amide bonds. The van der Waals surface area contributed by atoms with Crippen molar-refractivity contribution in [1.82, 2.24) is 4.90 Å². The van der Waals surface area contributed by atoms with Crippen LogP contribution in [0.4, 0.5) is 11.4 Å². The Kier molecular flexibility index (Phi) is 6.22. The van der Waals surface area contributed by atoms with Crippen molar-refractivity contribution in [3.63, 3.8) is 0 Å². The van der Waals surface area contributed by atoms with E-state index in [9.17, 15) is 18.0 Å². The predicted molar refractivity (Wildman–Crippen MR) is 132 cm³/mol. The van der Waals surface area contributed by atoms with E-state index < -0.39 is 9.84 Å². The standard InChI is InChI=1S/C25H31N3O4S/c1-17(5-6-18(2)26-11-13-33(31,32)14-12-26)22-9-10-23-24(15-22)27(25(30)21-7-8-21)16-19(3)28(23)20(4)29/h5-6,9-10,15,19,21H,1-2,7-8,11-14,16H2,3-4H3/b6-5-. The molecule has 0 aromatic heterocycles. The fourth-order valence-electron chi connectivity index (χ4n) is 4.46. The molecule has 0 bridgehead atoms. The minimum atomic E-state index is -2.95. The van der Waals surface area contributed by atoms with Crippen molar-refractivity contribution in [2.75, 3.05) is 40.9 Å². The average molecular weight is 470 g/mol. The van der Waals surface area contributed by atoms with Gasteiger partial charge in [-0.2, -0.15) is 0 Å². The zero-order valence-electron chi connectivity index (χ0n) is 19.3. The fourth-order valence-corrected chi connectivity index (χ4v) is 5.66. The number of hydrogen-bond acceptors (Lipinski definition) is 5. The van der Waals surface area contributed by atoms with Gasteiger partial charge in [-0.1, -0.05) is 25.3 Å². The number of hydrogen-bond donors (Lipinski definition) is 0. The van der Waals surface area contributed by atoms with Crippen molar-refractivity contribution >= 4 is 38.6 Å². The number of rotatable bonds is 5. The molecule has 4 rings (SSSR count). The third kappa shape index (κ3) is 4.90. The van der Waals surface area contributed by atoms with E-state index in [2.05, 4.69) is 13.2 Å². The highest BCUT2D eigenvalue weighted by Gasteiger charge is 2.39. The van der Waals surface area contributed by atoms with Crippen molar-refractivity contribution < 1.29 is 18.0 Å². The molecule has 0 N–H and O–H groups in total. The van der Waals surface area contributed by atoms with E-state index in [1.165, 1.54) is 0 Å². The summed E-state index contributed by atoms with van der Waals surface area (Å²) in [6.45, 7) is 13.1. The Bertz CT molecular complexity index is 1140. The Labute approximate surface area is 196 Å². The molecule has 7 nitrogen and oxygen atoms in total. The highest BCUT2D eigenvalue weighted by atomic mass is 32.2. The lowest BCUT2D eigenvalue weighted by molar-refractivity contribution is -0.120. The molecule has 1 saturated heterocycles. The highest BCUT2D eigenvalue weighted by molar-refractivity contribution is 7.91. The molecule has 33 heavy (non-hydrogen) atoms. The second-order valence-electron chi connectivity index (χ2n) is 9.15. The van der Waals surface area contributed by atoms with Gasteiger partial charge in [0.2, 0.25) is 11.8 Å². The maximum atomic E-state index is 13.0. The molecule has 0 spiro atoms. The zero-order valence-corrected chi connectivity index (χ0v) is 20.1. The van der Waals surface area contributed by atoms with E-state index in [1.54, 1.807) is 11.8 Å². The molecular weight excluding hydrogens is 438 g/mol. The summed E-state index contributed by atoms with van der Waals surface area (Å²) in [4.78, 5) is 30.8. The van der Waals surface area contributed by atoms with Crippen LogP contribution in [0.5, 0.6) is 0 Å². The van der Waals surface area contributed by atoms with Crippen LogP contribution in [0.3, 0.4) is 0 Å². The van der Waals surface area contributed by atoms with E-state index in [0.717, 1.165) is 41.1 Å². The second kappa shape index (κ2) is 8.82. The minimum Gasteiger partial charge on any atom is -0.370 e. The van der Waals surface area contributed by atoms with Crippen molar-refractivity contribution in [3.8, 4) is 0 Å². The predicted octanol–water partition coefficient (Wildman–Crippen LogP) is 3.00. The largest absolute Gasteiger partial charge is 0.370 e. The second-order valence-corrected chi connectivity index (χ2v) is 11.5. The van der Waals surface area contributed by atoms with Gasteiger partial charge in [0.1, 0.15) is 0 Å². The summed E-state index contributed by atoms with van der Waals surface area (Å²) in [6, 6.07) is 5.64. The molecule has 176 valence electrons. The first-order valence-electron chi connectivity index (χ1n) is 11.3.